The Morgan fingerprint density at radius 2 is 1.89 bits per heavy atom. The van der Waals surface area contributed by atoms with Gasteiger partial charge in [0.05, 0.1) is 5.56 Å². The molecule has 4 heteroatoms. The van der Waals surface area contributed by atoms with Gasteiger partial charge in [0, 0.05) is 5.57 Å². The van der Waals surface area contributed by atoms with Gasteiger partial charge in [0.25, 0.3) is 0 Å². The highest BCUT2D eigenvalue weighted by atomic mass is 16.5. The monoisotopic (exact) mass is 256 g/mol. The van der Waals surface area contributed by atoms with E-state index in [1.165, 1.54) is 13.0 Å². The molecular weight excluding hydrogens is 244 g/mol. The van der Waals surface area contributed by atoms with Crippen molar-refractivity contribution in [2.45, 2.75) is 6.92 Å². The molecule has 0 aromatic heterocycles. The molecule has 0 spiro atoms. The van der Waals surface area contributed by atoms with E-state index in [-0.39, 0.29) is 16.9 Å². The highest BCUT2D eigenvalue weighted by Gasteiger charge is 2.13. The molecule has 0 saturated carbocycles. The lowest BCUT2D eigenvalue weighted by Gasteiger charge is -2.08. The molecule has 19 heavy (non-hydrogen) atoms. The SMILES string of the molecule is C=C(C)C(=O)Oc1cc(C(=O)O)c2ccccc2c1. The number of carbonyl (C=O) groups is 2. The van der Waals surface area contributed by atoms with E-state index < -0.39 is 11.9 Å². The molecule has 0 heterocycles. The van der Waals surface area contributed by atoms with E-state index in [1.807, 2.05) is 0 Å². The van der Waals surface area contributed by atoms with Crippen LogP contribution >= 0.6 is 0 Å². The van der Waals surface area contributed by atoms with E-state index >= 15 is 0 Å². The number of esters is 1. The number of hydrogen-bond acceptors (Lipinski definition) is 3. The number of fused-ring (bicyclic) bond motifs is 1. The Labute approximate surface area is 109 Å². The lowest BCUT2D eigenvalue weighted by Crippen LogP contribution is -2.09. The average molecular weight is 256 g/mol. The van der Waals surface area contributed by atoms with Crippen molar-refractivity contribution in [1.82, 2.24) is 0 Å². The van der Waals surface area contributed by atoms with Crippen molar-refractivity contribution in [3.8, 4) is 5.75 Å². The first-order chi connectivity index (χ1) is 8.99. The van der Waals surface area contributed by atoms with E-state index in [4.69, 9.17) is 4.74 Å². The molecule has 4 nitrogen and oxygen atoms in total. The summed E-state index contributed by atoms with van der Waals surface area (Å²) in [6, 6.07) is 9.99. The molecule has 2 rings (SSSR count). The van der Waals surface area contributed by atoms with Gasteiger partial charge in [0.15, 0.2) is 0 Å². The molecule has 0 aliphatic rings. The van der Waals surface area contributed by atoms with Crippen molar-refractivity contribution in [1.29, 1.82) is 0 Å². The highest BCUT2D eigenvalue weighted by molar-refractivity contribution is 6.04. The maximum atomic E-state index is 11.5. The molecule has 0 atom stereocenters. The molecule has 0 aliphatic heterocycles. The molecule has 2 aromatic carbocycles. The van der Waals surface area contributed by atoms with Crippen molar-refractivity contribution >= 4 is 22.7 Å². The van der Waals surface area contributed by atoms with Crippen LogP contribution in [0.4, 0.5) is 0 Å². The topological polar surface area (TPSA) is 63.6 Å². The van der Waals surface area contributed by atoms with Crippen molar-refractivity contribution in [2.24, 2.45) is 0 Å². The van der Waals surface area contributed by atoms with Gasteiger partial charge in [0.1, 0.15) is 5.75 Å². The summed E-state index contributed by atoms with van der Waals surface area (Å²) < 4.78 is 5.07. The molecule has 0 unspecified atom stereocenters. The Bertz CT molecular complexity index is 686. The van der Waals surface area contributed by atoms with Crippen molar-refractivity contribution < 1.29 is 19.4 Å². The largest absolute Gasteiger partial charge is 0.478 e. The number of carboxylic acid groups (broad SMARTS) is 1. The van der Waals surface area contributed by atoms with Crippen LogP contribution in [0, 0.1) is 0 Å². The molecular formula is C15H12O4. The van der Waals surface area contributed by atoms with Crippen LogP contribution in [0.5, 0.6) is 5.75 Å². The second-order valence-corrected chi connectivity index (χ2v) is 4.17. The van der Waals surface area contributed by atoms with Crippen molar-refractivity contribution in [3.05, 3.63) is 54.1 Å². The normalized spacial score (nSPS) is 10.2. The number of aromatic carboxylic acids is 1. The number of benzene rings is 2. The van der Waals surface area contributed by atoms with E-state index in [0.29, 0.717) is 10.8 Å². The second-order valence-electron chi connectivity index (χ2n) is 4.17. The van der Waals surface area contributed by atoms with Crippen molar-refractivity contribution in [3.63, 3.8) is 0 Å². The second kappa shape index (κ2) is 4.94. The van der Waals surface area contributed by atoms with Gasteiger partial charge < -0.3 is 9.84 Å². The summed E-state index contributed by atoms with van der Waals surface area (Å²) in [6.45, 7) is 5.01. The van der Waals surface area contributed by atoms with Crippen LogP contribution in [0.25, 0.3) is 10.8 Å². The van der Waals surface area contributed by atoms with Crippen molar-refractivity contribution in [2.75, 3.05) is 0 Å². The smallest absolute Gasteiger partial charge is 0.338 e. The number of ether oxygens (including phenoxy) is 1. The maximum Gasteiger partial charge on any atom is 0.338 e. The third-order valence-corrected chi connectivity index (χ3v) is 2.62. The Kier molecular flexibility index (Phi) is 3.33. The number of carboxylic acids is 1. The first-order valence-electron chi connectivity index (χ1n) is 5.63. The summed E-state index contributed by atoms with van der Waals surface area (Å²) in [5.41, 5.74) is 0.354. The minimum absolute atomic E-state index is 0.0996. The van der Waals surface area contributed by atoms with Crippen LogP contribution < -0.4 is 4.74 Å². The summed E-state index contributed by atoms with van der Waals surface area (Å²) in [4.78, 5) is 22.7. The molecule has 0 saturated heterocycles. The number of carbonyl (C=O) groups excluding carboxylic acids is 1. The van der Waals surface area contributed by atoms with Crippen LogP contribution in [-0.4, -0.2) is 17.0 Å². The minimum Gasteiger partial charge on any atom is -0.478 e. The molecule has 1 N–H and O–H groups in total. The summed E-state index contributed by atoms with van der Waals surface area (Å²) in [5.74, 6) is -1.44. The summed E-state index contributed by atoms with van der Waals surface area (Å²) >= 11 is 0. The summed E-state index contributed by atoms with van der Waals surface area (Å²) in [5, 5.41) is 10.5. The van der Waals surface area contributed by atoms with Gasteiger partial charge >= 0.3 is 11.9 Å². The number of hydrogen-bond donors (Lipinski definition) is 1. The lowest BCUT2D eigenvalue weighted by atomic mass is 10.0. The van der Waals surface area contributed by atoms with Crippen LogP contribution in [0.1, 0.15) is 17.3 Å². The fourth-order valence-electron chi connectivity index (χ4n) is 1.71. The fraction of sp³-hybridized carbons (Fsp3) is 0.0667. The van der Waals surface area contributed by atoms with Crippen LogP contribution in [0.15, 0.2) is 48.6 Å². The third-order valence-electron chi connectivity index (χ3n) is 2.62. The summed E-state index contributed by atoms with van der Waals surface area (Å²) in [6.07, 6.45) is 0. The van der Waals surface area contributed by atoms with E-state index in [9.17, 15) is 14.7 Å². The van der Waals surface area contributed by atoms with E-state index in [2.05, 4.69) is 6.58 Å². The molecule has 2 aromatic rings. The quantitative estimate of drug-likeness (QED) is 0.521. The molecule has 96 valence electrons. The van der Waals surface area contributed by atoms with Crippen LogP contribution in [0.3, 0.4) is 0 Å². The van der Waals surface area contributed by atoms with Gasteiger partial charge in [-0.2, -0.15) is 0 Å². The van der Waals surface area contributed by atoms with Crippen LogP contribution in [-0.2, 0) is 4.79 Å². The third kappa shape index (κ3) is 2.63. The van der Waals surface area contributed by atoms with Gasteiger partial charge in [-0.05, 0) is 29.8 Å². The molecule has 0 aliphatic carbocycles. The molecule has 0 radical (unpaired) electrons. The Morgan fingerprint density at radius 3 is 2.53 bits per heavy atom. The zero-order valence-electron chi connectivity index (χ0n) is 10.3. The Hall–Kier alpha value is -2.62. The van der Waals surface area contributed by atoms with Gasteiger partial charge in [-0.1, -0.05) is 30.8 Å². The summed E-state index contributed by atoms with van der Waals surface area (Å²) in [7, 11) is 0. The molecule has 0 amide bonds. The zero-order valence-corrected chi connectivity index (χ0v) is 10.3. The zero-order chi connectivity index (χ0) is 14.0. The van der Waals surface area contributed by atoms with Gasteiger partial charge in [0.2, 0.25) is 0 Å². The first-order valence-corrected chi connectivity index (χ1v) is 5.63. The maximum absolute atomic E-state index is 11.5. The van der Waals surface area contributed by atoms with Crippen LogP contribution in [0.2, 0.25) is 0 Å². The predicted molar refractivity (Wildman–Crippen MR) is 71.4 cm³/mol. The van der Waals surface area contributed by atoms with Gasteiger partial charge in [-0.3, -0.25) is 0 Å². The average Bonchev–Trinajstić information content (AvgIpc) is 2.37. The minimum atomic E-state index is -1.07. The first kappa shape index (κ1) is 12.8. The molecule has 0 fully saturated rings. The Balaban J connectivity index is 2.55. The van der Waals surface area contributed by atoms with E-state index in [0.717, 1.165) is 0 Å². The molecule has 0 bridgehead atoms. The Morgan fingerprint density at radius 1 is 1.21 bits per heavy atom. The van der Waals surface area contributed by atoms with Gasteiger partial charge in [-0.25, -0.2) is 9.59 Å². The predicted octanol–water partition coefficient (Wildman–Crippen LogP) is 3.02. The van der Waals surface area contributed by atoms with E-state index in [1.54, 1.807) is 30.3 Å². The van der Waals surface area contributed by atoms with Gasteiger partial charge in [-0.15, -0.1) is 0 Å². The highest BCUT2D eigenvalue weighted by Crippen LogP contribution is 2.26. The number of rotatable bonds is 3. The standard InChI is InChI=1S/C15H12O4/c1-9(2)15(18)19-11-7-10-5-3-4-6-12(10)13(8-11)14(16)17/h3-8H,1H2,2H3,(H,16,17). The lowest BCUT2D eigenvalue weighted by molar-refractivity contribution is -0.130. The fourth-order valence-corrected chi connectivity index (χ4v) is 1.71.